The van der Waals surface area contributed by atoms with Crippen molar-refractivity contribution in [1.29, 1.82) is 0 Å². The van der Waals surface area contributed by atoms with Crippen LogP contribution in [0.4, 0.5) is 13.2 Å². The molecule has 0 atom stereocenters. The van der Waals surface area contributed by atoms with E-state index in [1.807, 2.05) is 0 Å². The van der Waals surface area contributed by atoms with E-state index >= 15 is 0 Å². The van der Waals surface area contributed by atoms with E-state index in [-0.39, 0.29) is 11.5 Å². The number of aliphatic carboxylic acids is 1. The van der Waals surface area contributed by atoms with Gasteiger partial charge in [0.15, 0.2) is 0 Å². The number of fused-ring (bicyclic) bond motifs is 1. The molecule has 1 fully saturated rings. The van der Waals surface area contributed by atoms with Gasteiger partial charge >= 0.3 is 12.1 Å². The third-order valence-electron chi connectivity index (χ3n) is 4.04. The Morgan fingerprint density at radius 2 is 2.04 bits per heavy atom. The predicted molar refractivity (Wildman–Crippen MR) is 87.7 cm³/mol. The molecule has 1 aromatic heterocycles. The van der Waals surface area contributed by atoms with Gasteiger partial charge in [0.05, 0.1) is 18.8 Å². The van der Waals surface area contributed by atoms with Gasteiger partial charge in [-0.05, 0) is 31.7 Å². The first-order chi connectivity index (χ1) is 12.7. The highest BCUT2D eigenvalue weighted by Crippen LogP contribution is 2.32. The Balaban J connectivity index is 0.000000321. The third kappa shape index (κ3) is 7.00. The Kier molecular flexibility index (Phi) is 6.94. The molecular formula is C16H21F3N4O4. The second kappa shape index (κ2) is 8.98. The van der Waals surface area contributed by atoms with Crippen LogP contribution >= 0.6 is 0 Å². The van der Waals surface area contributed by atoms with Crippen molar-refractivity contribution in [2.45, 2.75) is 51.5 Å². The Morgan fingerprint density at radius 1 is 1.37 bits per heavy atom. The van der Waals surface area contributed by atoms with Crippen molar-refractivity contribution in [2.75, 3.05) is 6.54 Å². The number of carboxylic acids is 1. The quantitative estimate of drug-likeness (QED) is 0.701. The fourth-order valence-electron chi connectivity index (χ4n) is 2.48. The lowest BCUT2D eigenvalue weighted by Gasteiger charge is -2.10. The zero-order valence-corrected chi connectivity index (χ0v) is 14.5. The summed E-state index contributed by atoms with van der Waals surface area (Å²) in [5.41, 5.74) is 0.624. The fraction of sp³-hybridized carbons (Fsp3) is 0.625. The lowest BCUT2D eigenvalue weighted by molar-refractivity contribution is -0.192. The van der Waals surface area contributed by atoms with Crippen molar-refractivity contribution in [3.8, 4) is 0 Å². The highest BCUT2D eigenvalue weighted by atomic mass is 19.4. The summed E-state index contributed by atoms with van der Waals surface area (Å²) in [6, 6.07) is 1.53. The van der Waals surface area contributed by atoms with Gasteiger partial charge < -0.3 is 15.7 Å². The Bertz CT molecular complexity index is 744. The van der Waals surface area contributed by atoms with E-state index in [0.29, 0.717) is 37.7 Å². The van der Waals surface area contributed by atoms with Gasteiger partial charge in [0.2, 0.25) is 5.91 Å². The van der Waals surface area contributed by atoms with Gasteiger partial charge in [-0.15, -0.1) is 0 Å². The van der Waals surface area contributed by atoms with Crippen LogP contribution in [0.25, 0.3) is 0 Å². The summed E-state index contributed by atoms with van der Waals surface area (Å²) in [6.07, 6.45) is -1.22. The zero-order valence-electron chi connectivity index (χ0n) is 14.5. The van der Waals surface area contributed by atoms with E-state index in [2.05, 4.69) is 15.6 Å². The summed E-state index contributed by atoms with van der Waals surface area (Å²) in [4.78, 5) is 37.1. The van der Waals surface area contributed by atoms with Crippen molar-refractivity contribution in [1.82, 2.24) is 20.2 Å². The van der Waals surface area contributed by atoms with E-state index in [9.17, 15) is 22.8 Å². The maximum absolute atomic E-state index is 12.1. The van der Waals surface area contributed by atoms with Crippen molar-refractivity contribution < 1.29 is 27.9 Å². The van der Waals surface area contributed by atoms with Gasteiger partial charge in [0, 0.05) is 19.0 Å². The van der Waals surface area contributed by atoms with Crippen molar-refractivity contribution in [2.24, 2.45) is 5.92 Å². The number of amides is 1. The standard InChI is InChI=1S/C14H20N4O2.C2HF3O2/c19-13(6-10-2-3-10)16-8-11-7-14(20)18-5-1-4-15-9-12(18)17-11;3-2(4,5)1(6)7/h7,10,15H,1-6,8-9H2,(H,16,19);(H,6,7). The topological polar surface area (TPSA) is 113 Å². The van der Waals surface area contributed by atoms with Gasteiger partial charge in [-0.3, -0.25) is 14.2 Å². The number of hydrogen-bond acceptors (Lipinski definition) is 5. The molecule has 1 saturated carbocycles. The first-order valence-corrected chi connectivity index (χ1v) is 8.54. The van der Waals surface area contributed by atoms with Crippen molar-refractivity contribution in [3.63, 3.8) is 0 Å². The molecule has 0 saturated heterocycles. The number of carboxylic acid groups (broad SMARTS) is 1. The lowest BCUT2D eigenvalue weighted by Crippen LogP contribution is -2.29. The maximum Gasteiger partial charge on any atom is 0.490 e. The van der Waals surface area contributed by atoms with Gasteiger partial charge in [0.25, 0.3) is 5.56 Å². The summed E-state index contributed by atoms with van der Waals surface area (Å²) in [6.45, 7) is 2.56. The van der Waals surface area contributed by atoms with Crippen LogP contribution in [0.5, 0.6) is 0 Å². The Morgan fingerprint density at radius 3 is 2.63 bits per heavy atom. The van der Waals surface area contributed by atoms with Crippen LogP contribution in [-0.2, 0) is 29.2 Å². The number of alkyl halides is 3. The zero-order chi connectivity index (χ0) is 20.0. The molecule has 3 N–H and O–H groups in total. The van der Waals surface area contributed by atoms with Crippen LogP contribution in [0, 0.1) is 5.92 Å². The number of aromatic nitrogens is 2. The summed E-state index contributed by atoms with van der Waals surface area (Å²) in [5.74, 6) is -1.36. The van der Waals surface area contributed by atoms with Gasteiger partial charge in [0.1, 0.15) is 5.82 Å². The minimum absolute atomic E-state index is 0.0230. The summed E-state index contributed by atoms with van der Waals surface area (Å²) in [5, 5.41) is 13.2. The molecule has 0 bridgehead atoms. The van der Waals surface area contributed by atoms with Gasteiger partial charge in [-0.1, -0.05) is 0 Å². The average Bonchev–Trinajstić information content (AvgIpc) is 3.39. The van der Waals surface area contributed by atoms with E-state index in [1.165, 1.54) is 6.07 Å². The van der Waals surface area contributed by atoms with E-state index in [0.717, 1.165) is 31.6 Å². The van der Waals surface area contributed by atoms with Gasteiger partial charge in [-0.25, -0.2) is 9.78 Å². The molecule has 0 radical (unpaired) electrons. The monoisotopic (exact) mass is 390 g/mol. The van der Waals surface area contributed by atoms with Crippen LogP contribution < -0.4 is 16.2 Å². The van der Waals surface area contributed by atoms with E-state index in [4.69, 9.17) is 9.90 Å². The number of rotatable bonds is 4. The Labute approximate surface area is 152 Å². The molecule has 8 nitrogen and oxygen atoms in total. The molecule has 1 amide bonds. The van der Waals surface area contributed by atoms with Crippen LogP contribution in [0.2, 0.25) is 0 Å². The molecule has 3 rings (SSSR count). The minimum atomic E-state index is -5.08. The molecule has 0 aromatic carbocycles. The molecular weight excluding hydrogens is 369 g/mol. The molecule has 2 aliphatic rings. The number of nitrogens with one attached hydrogen (secondary N) is 2. The van der Waals surface area contributed by atoms with Gasteiger partial charge in [-0.2, -0.15) is 13.2 Å². The first-order valence-electron chi connectivity index (χ1n) is 8.54. The molecule has 1 aliphatic heterocycles. The van der Waals surface area contributed by atoms with Crippen LogP contribution in [0.1, 0.15) is 37.2 Å². The molecule has 0 spiro atoms. The van der Waals surface area contributed by atoms with Crippen LogP contribution in [-0.4, -0.2) is 39.3 Å². The number of nitrogens with zero attached hydrogens (tertiary/aromatic N) is 2. The fourth-order valence-corrected chi connectivity index (χ4v) is 2.48. The third-order valence-corrected chi connectivity index (χ3v) is 4.04. The number of hydrogen-bond donors (Lipinski definition) is 3. The summed E-state index contributed by atoms with van der Waals surface area (Å²) in [7, 11) is 0. The average molecular weight is 390 g/mol. The van der Waals surface area contributed by atoms with E-state index in [1.54, 1.807) is 4.57 Å². The van der Waals surface area contributed by atoms with Crippen molar-refractivity contribution in [3.05, 3.63) is 27.9 Å². The smallest absolute Gasteiger partial charge is 0.475 e. The van der Waals surface area contributed by atoms with Crippen molar-refractivity contribution >= 4 is 11.9 Å². The summed E-state index contributed by atoms with van der Waals surface area (Å²) < 4.78 is 33.5. The number of carbonyl (C=O) groups excluding carboxylic acids is 1. The lowest BCUT2D eigenvalue weighted by atomic mass is 10.3. The normalized spacial score (nSPS) is 16.4. The maximum atomic E-state index is 12.1. The largest absolute Gasteiger partial charge is 0.490 e. The molecule has 2 heterocycles. The predicted octanol–water partition coefficient (Wildman–Crippen LogP) is 0.786. The number of carbonyl (C=O) groups is 2. The number of halogens is 3. The van der Waals surface area contributed by atoms with E-state index < -0.39 is 12.1 Å². The molecule has 1 aliphatic carbocycles. The molecule has 150 valence electrons. The molecule has 11 heteroatoms. The second-order valence-corrected chi connectivity index (χ2v) is 6.41. The molecule has 27 heavy (non-hydrogen) atoms. The highest BCUT2D eigenvalue weighted by molar-refractivity contribution is 5.76. The summed E-state index contributed by atoms with van der Waals surface area (Å²) >= 11 is 0. The van der Waals surface area contributed by atoms with Crippen LogP contribution in [0.15, 0.2) is 10.9 Å². The minimum Gasteiger partial charge on any atom is -0.475 e. The second-order valence-electron chi connectivity index (χ2n) is 6.41. The molecule has 0 unspecified atom stereocenters. The Hall–Kier alpha value is -2.43. The highest BCUT2D eigenvalue weighted by Gasteiger charge is 2.38. The SMILES string of the molecule is O=C(CC1CC1)NCc1cc(=O)n2c(n1)CNCCC2.O=C(O)C(F)(F)F. The van der Waals surface area contributed by atoms with Crippen LogP contribution in [0.3, 0.4) is 0 Å². The molecule has 1 aromatic rings. The first kappa shape index (κ1) is 20.9.